The van der Waals surface area contributed by atoms with E-state index in [1.807, 2.05) is 31.8 Å². The first-order valence-corrected chi connectivity index (χ1v) is 4.78. The highest BCUT2D eigenvalue weighted by Gasteiger charge is 2.11. The standard InChI is InChI=1S/C9H12N4S/c1-5-8(6(2)13(3)12-5)7-4-10-9(14)11-7/h4H,1-3H3,(H2,10,11,14). The number of nitrogens with zero attached hydrogens (tertiary/aromatic N) is 2. The maximum Gasteiger partial charge on any atom is 0.174 e. The Kier molecular flexibility index (Phi) is 2.03. The Hall–Kier alpha value is -1.36. The summed E-state index contributed by atoms with van der Waals surface area (Å²) < 4.78 is 2.51. The second-order valence-corrected chi connectivity index (χ2v) is 3.73. The van der Waals surface area contributed by atoms with Gasteiger partial charge in [-0.2, -0.15) is 5.10 Å². The lowest BCUT2D eigenvalue weighted by Gasteiger charge is -1.97. The molecular weight excluding hydrogens is 196 g/mol. The van der Waals surface area contributed by atoms with Crippen LogP contribution in [0.3, 0.4) is 0 Å². The molecule has 2 N–H and O–H groups in total. The number of nitrogens with one attached hydrogen (secondary N) is 2. The first-order valence-electron chi connectivity index (χ1n) is 4.38. The predicted octanol–water partition coefficient (Wildman–Crippen LogP) is 2.09. The Balaban J connectivity index is 2.67. The van der Waals surface area contributed by atoms with Crippen molar-refractivity contribution in [3.05, 3.63) is 22.4 Å². The van der Waals surface area contributed by atoms with Gasteiger partial charge in [-0.1, -0.05) is 0 Å². The van der Waals surface area contributed by atoms with E-state index in [-0.39, 0.29) is 0 Å². The molecule has 0 unspecified atom stereocenters. The van der Waals surface area contributed by atoms with Crippen molar-refractivity contribution in [1.29, 1.82) is 0 Å². The minimum atomic E-state index is 0.641. The Labute approximate surface area is 87.0 Å². The number of aryl methyl sites for hydroxylation is 2. The fourth-order valence-electron chi connectivity index (χ4n) is 1.63. The molecule has 2 aromatic rings. The summed E-state index contributed by atoms with van der Waals surface area (Å²) in [5, 5.41) is 4.35. The fourth-order valence-corrected chi connectivity index (χ4v) is 1.80. The summed E-state index contributed by atoms with van der Waals surface area (Å²) in [6.07, 6.45) is 1.87. The summed E-state index contributed by atoms with van der Waals surface area (Å²) in [4.78, 5) is 6.05. The first kappa shape index (κ1) is 9.21. The Bertz CT molecular complexity index is 517. The topological polar surface area (TPSA) is 49.4 Å². The average molecular weight is 208 g/mol. The second kappa shape index (κ2) is 3.09. The third-order valence-corrected chi connectivity index (χ3v) is 2.59. The molecule has 0 bridgehead atoms. The average Bonchev–Trinajstić information content (AvgIpc) is 2.60. The van der Waals surface area contributed by atoms with E-state index in [2.05, 4.69) is 15.1 Å². The van der Waals surface area contributed by atoms with E-state index >= 15 is 0 Å². The van der Waals surface area contributed by atoms with Crippen LogP contribution in [0.1, 0.15) is 11.4 Å². The van der Waals surface area contributed by atoms with Crippen molar-refractivity contribution >= 4 is 12.2 Å². The number of H-pyrrole nitrogens is 2. The van der Waals surface area contributed by atoms with Crippen molar-refractivity contribution in [2.75, 3.05) is 0 Å². The van der Waals surface area contributed by atoms with Crippen molar-refractivity contribution in [2.24, 2.45) is 7.05 Å². The van der Waals surface area contributed by atoms with Crippen LogP contribution in [-0.4, -0.2) is 19.7 Å². The molecule has 74 valence electrons. The van der Waals surface area contributed by atoms with Gasteiger partial charge >= 0.3 is 0 Å². The molecule has 0 amide bonds. The van der Waals surface area contributed by atoms with Gasteiger partial charge < -0.3 is 9.97 Å². The number of hydrogen-bond acceptors (Lipinski definition) is 2. The van der Waals surface area contributed by atoms with Gasteiger partial charge in [-0.15, -0.1) is 0 Å². The van der Waals surface area contributed by atoms with Crippen LogP contribution in [0.15, 0.2) is 6.20 Å². The molecule has 0 fully saturated rings. The van der Waals surface area contributed by atoms with Gasteiger partial charge in [-0.05, 0) is 26.1 Å². The van der Waals surface area contributed by atoms with Crippen LogP contribution < -0.4 is 0 Å². The quantitative estimate of drug-likeness (QED) is 0.705. The molecule has 14 heavy (non-hydrogen) atoms. The molecule has 0 aliphatic heterocycles. The molecule has 0 saturated carbocycles. The normalized spacial score (nSPS) is 10.8. The lowest BCUT2D eigenvalue weighted by atomic mass is 10.1. The number of imidazole rings is 1. The molecule has 0 aliphatic carbocycles. The van der Waals surface area contributed by atoms with Gasteiger partial charge in [0, 0.05) is 24.5 Å². The monoisotopic (exact) mass is 208 g/mol. The molecule has 0 spiro atoms. The van der Waals surface area contributed by atoms with Crippen LogP contribution in [0, 0.1) is 18.6 Å². The van der Waals surface area contributed by atoms with Gasteiger partial charge in [0.2, 0.25) is 0 Å². The van der Waals surface area contributed by atoms with Crippen LogP contribution in [0.25, 0.3) is 11.3 Å². The molecule has 0 atom stereocenters. The van der Waals surface area contributed by atoms with Crippen molar-refractivity contribution in [3.8, 4) is 11.3 Å². The second-order valence-electron chi connectivity index (χ2n) is 3.33. The van der Waals surface area contributed by atoms with Crippen molar-refractivity contribution in [3.63, 3.8) is 0 Å². The molecule has 0 aliphatic rings. The van der Waals surface area contributed by atoms with Gasteiger partial charge in [0.15, 0.2) is 4.77 Å². The minimum Gasteiger partial charge on any atom is -0.337 e. The van der Waals surface area contributed by atoms with E-state index in [0.717, 1.165) is 22.6 Å². The van der Waals surface area contributed by atoms with Gasteiger partial charge in [0.1, 0.15) is 0 Å². The zero-order valence-corrected chi connectivity index (χ0v) is 9.20. The Morgan fingerprint density at radius 2 is 2.14 bits per heavy atom. The summed E-state index contributed by atoms with van der Waals surface area (Å²) in [5.41, 5.74) is 4.26. The van der Waals surface area contributed by atoms with Gasteiger partial charge in [0.05, 0.1) is 11.4 Å². The molecule has 2 rings (SSSR count). The summed E-state index contributed by atoms with van der Waals surface area (Å²) in [6.45, 7) is 4.03. The van der Waals surface area contributed by atoms with E-state index in [1.165, 1.54) is 0 Å². The van der Waals surface area contributed by atoms with E-state index in [4.69, 9.17) is 12.2 Å². The smallest absolute Gasteiger partial charge is 0.174 e. The first-order chi connectivity index (χ1) is 6.59. The molecule has 4 nitrogen and oxygen atoms in total. The summed E-state index contributed by atoms with van der Waals surface area (Å²) >= 11 is 4.99. The molecule has 0 aromatic carbocycles. The maximum atomic E-state index is 4.99. The lowest BCUT2D eigenvalue weighted by Crippen LogP contribution is -1.92. The highest BCUT2D eigenvalue weighted by molar-refractivity contribution is 7.71. The highest BCUT2D eigenvalue weighted by Crippen LogP contribution is 2.23. The number of rotatable bonds is 1. The third kappa shape index (κ3) is 1.29. The molecule has 2 aromatic heterocycles. The summed E-state index contributed by atoms with van der Waals surface area (Å²) in [6, 6.07) is 0. The van der Waals surface area contributed by atoms with Crippen molar-refractivity contribution in [1.82, 2.24) is 19.7 Å². The van der Waals surface area contributed by atoms with Crippen LogP contribution in [0.4, 0.5) is 0 Å². The molecule has 5 heteroatoms. The van der Waals surface area contributed by atoms with E-state index in [0.29, 0.717) is 4.77 Å². The molecule has 2 heterocycles. The molecular formula is C9H12N4S. The largest absolute Gasteiger partial charge is 0.337 e. The minimum absolute atomic E-state index is 0.641. The Morgan fingerprint density at radius 3 is 2.57 bits per heavy atom. The number of aromatic nitrogens is 4. The zero-order chi connectivity index (χ0) is 10.3. The van der Waals surface area contributed by atoms with Gasteiger partial charge in [-0.25, -0.2) is 0 Å². The van der Waals surface area contributed by atoms with Crippen LogP contribution in [-0.2, 0) is 7.05 Å². The van der Waals surface area contributed by atoms with Gasteiger partial charge in [0.25, 0.3) is 0 Å². The summed E-state index contributed by atoms with van der Waals surface area (Å²) in [7, 11) is 1.94. The summed E-state index contributed by atoms with van der Waals surface area (Å²) in [5.74, 6) is 0. The van der Waals surface area contributed by atoms with Gasteiger partial charge in [-0.3, -0.25) is 4.68 Å². The molecule has 0 saturated heterocycles. The van der Waals surface area contributed by atoms with E-state index in [9.17, 15) is 0 Å². The van der Waals surface area contributed by atoms with Crippen molar-refractivity contribution in [2.45, 2.75) is 13.8 Å². The van der Waals surface area contributed by atoms with Crippen molar-refractivity contribution < 1.29 is 0 Å². The zero-order valence-electron chi connectivity index (χ0n) is 8.38. The highest BCUT2D eigenvalue weighted by atomic mass is 32.1. The number of aromatic amines is 2. The van der Waals surface area contributed by atoms with E-state index in [1.54, 1.807) is 0 Å². The van der Waals surface area contributed by atoms with Crippen LogP contribution in [0.5, 0.6) is 0 Å². The molecule has 0 radical (unpaired) electrons. The van der Waals surface area contributed by atoms with Crippen LogP contribution >= 0.6 is 12.2 Å². The lowest BCUT2D eigenvalue weighted by molar-refractivity contribution is 0.731. The fraction of sp³-hybridized carbons (Fsp3) is 0.333. The Morgan fingerprint density at radius 1 is 1.43 bits per heavy atom. The van der Waals surface area contributed by atoms with Crippen LogP contribution in [0.2, 0.25) is 0 Å². The third-order valence-electron chi connectivity index (χ3n) is 2.37. The SMILES string of the molecule is Cc1nn(C)c(C)c1-c1c[nH]c(=S)[nH]1. The van der Waals surface area contributed by atoms with E-state index < -0.39 is 0 Å². The number of hydrogen-bond donors (Lipinski definition) is 2. The predicted molar refractivity (Wildman–Crippen MR) is 57.7 cm³/mol. The maximum absolute atomic E-state index is 4.99.